The van der Waals surface area contributed by atoms with E-state index in [1.165, 1.54) is 18.1 Å². The molecule has 4 atom stereocenters. The van der Waals surface area contributed by atoms with Crippen molar-refractivity contribution in [2.24, 2.45) is 0 Å². The van der Waals surface area contributed by atoms with Gasteiger partial charge >= 0.3 is 12.2 Å². The standard InChI is InChI=1S/C25H35N3O7/c1-6-9-19(26-23(31)35-25(2,3)4)21(29)28-15-18(12-20(28)22(30)33-5)34-24(32)27-13-16-10-7-8-11-17(16)14-27/h6-8,10-11,18-20,22,30H,1,9,12-15H2,2-5H3,(H,26,31)/t18-,19+,20?,22+/m1/s1. The monoisotopic (exact) mass is 489 g/mol. The van der Waals surface area contributed by atoms with Gasteiger partial charge in [-0.25, -0.2) is 9.59 Å². The summed E-state index contributed by atoms with van der Waals surface area (Å²) in [6, 6.07) is 6.08. The molecule has 35 heavy (non-hydrogen) atoms. The summed E-state index contributed by atoms with van der Waals surface area (Å²) in [5.41, 5.74) is 1.41. The lowest BCUT2D eigenvalue weighted by Gasteiger charge is -2.31. The summed E-state index contributed by atoms with van der Waals surface area (Å²) >= 11 is 0. The van der Waals surface area contributed by atoms with Gasteiger partial charge in [0.1, 0.15) is 17.7 Å². The average Bonchev–Trinajstić information content (AvgIpc) is 3.41. The number of methoxy groups -OCH3 is 1. The number of hydrogen-bond donors (Lipinski definition) is 2. The number of hydrogen-bond acceptors (Lipinski definition) is 7. The lowest BCUT2D eigenvalue weighted by atomic mass is 10.1. The van der Waals surface area contributed by atoms with E-state index < -0.39 is 48.2 Å². The number of amides is 3. The molecule has 2 N–H and O–H groups in total. The van der Waals surface area contributed by atoms with Crippen molar-refractivity contribution in [3.05, 3.63) is 48.0 Å². The van der Waals surface area contributed by atoms with Gasteiger partial charge in [0, 0.05) is 26.6 Å². The molecular formula is C25H35N3O7. The number of nitrogens with zero attached hydrogens (tertiary/aromatic N) is 2. The Balaban J connectivity index is 1.68. The fraction of sp³-hybridized carbons (Fsp3) is 0.560. The summed E-state index contributed by atoms with van der Waals surface area (Å²) in [4.78, 5) is 41.5. The van der Waals surface area contributed by atoms with Crippen molar-refractivity contribution in [1.82, 2.24) is 15.1 Å². The van der Waals surface area contributed by atoms with Gasteiger partial charge < -0.3 is 29.5 Å². The first-order chi connectivity index (χ1) is 16.5. The first-order valence-electron chi connectivity index (χ1n) is 11.7. The zero-order valence-corrected chi connectivity index (χ0v) is 20.7. The van der Waals surface area contributed by atoms with E-state index in [4.69, 9.17) is 14.2 Å². The van der Waals surface area contributed by atoms with Crippen molar-refractivity contribution in [3.8, 4) is 0 Å². The molecule has 1 aromatic rings. The number of carbonyl (C=O) groups is 3. The van der Waals surface area contributed by atoms with Crippen LogP contribution in [0.2, 0.25) is 0 Å². The van der Waals surface area contributed by atoms with Gasteiger partial charge in [0.05, 0.1) is 12.6 Å². The number of nitrogens with one attached hydrogen (secondary N) is 1. The van der Waals surface area contributed by atoms with Gasteiger partial charge in [-0.3, -0.25) is 9.69 Å². The van der Waals surface area contributed by atoms with E-state index in [0.717, 1.165) is 11.1 Å². The second kappa shape index (κ2) is 11.1. The van der Waals surface area contributed by atoms with Crippen molar-refractivity contribution < 1.29 is 33.7 Å². The maximum atomic E-state index is 13.4. The lowest BCUT2D eigenvalue weighted by Crippen LogP contribution is -2.53. The lowest BCUT2D eigenvalue weighted by molar-refractivity contribution is -0.150. The minimum absolute atomic E-state index is 0.0556. The van der Waals surface area contributed by atoms with Gasteiger partial charge in [-0.1, -0.05) is 30.3 Å². The molecule has 10 heteroatoms. The summed E-state index contributed by atoms with van der Waals surface area (Å²) in [5, 5.41) is 13.0. The smallest absolute Gasteiger partial charge is 0.410 e. The van der Waals surface area contributed by atoms with Crippen LogP contribution < -0.4 is 5.32 Å². The minimum atomic E-state index is -1.29. The van der Waals surface area contributed by atoms with Gasteiger partial charge in [-0.2, -0.15) is 0 Å². The molecule has 192 valence electrons. The topological polar surface area (TPSA) is 118 Å². The molecule has 1 saturated heterocycles. The third-order valence-corrected chi connectivity index (χ3v) is 5.92. The molecular weight excluding hydrogens is 454 g/mol. The first-order valence-corrected chi connectivity index (χ1v) is 11.7. The maximum Gasteiger partial charge on any atom is 0.410 e. The molecule has 0 spiro atoms. The van der Waals surface area contributed by atoms with E-state index >= 15 is 0 Å². The van der Waals surface area contributed by atoms with Crippen molar-refractivity contribution in [1.29, 1.82) is 0 Å². The summed E-state index contributed by atoms with van der Waals surface area (Å²) in [6.45, 7) is 9.80. The molecule has 0 saturated carbocycles. The van der Waals surface area contributed by atoms with E-state index in [0.29, 0.717) is 13.1 Å². The Hall–Kier alpha value is -3.11. The van der Waals surface area contributed by atoms with Gasteiger partial charge in [-0.05, 0) is 38.3 Å². The number of carbonyl (C=O) groups excluding carboxylic acids is 3. The van der Waals surface area contributed by atoms with Crippen LogP contribution in [0.15, 0.2) is 36.9 Å². The molecule has 0 aromatic heterocycles. The molecule has 0 aliphatic carbocycles. The van der Waals surface area contributed by atoms with Gasteiger partial charge in [0.2, 0.25) is 5.91 Å². The fourth-order valence-corrected chi connectivity index (χ4v) is 4.31. The molecule has 10 nitrogen and oxygen atoms in total. The maximum absolute atomic E-state index is 13.4. The van der Waals surface area contributed by atoms with Crippen LogP contribution >= 0.6 is 0 Å². The van der Waals surface area contributed by atoms with Crippen LogP contribution in [0.1, 0.15) is 44.7 Å². The molecule has 3 amide bonds. The van der Waals surface area contributed by atoms with Crippen molar-refractivity contribution in [2.45, 2.75) is 76.8 Å². The van der Waals surface area contributed by atoms with E-state index in [1.807, 2.05) is 24.3 Å². The Labute approximate surface area is 205 Å². The van der Waals surface area contributed by atoms with Crippen LogP contribution in [0.25, 0.3) is 0 Å². The molecule has 1 fully saturated rings. The zero-order valence-electron chi connectivity index (χ0n) is 20.7. The quantitative estimate of drug-likeness (QED) is 0.446. The van der Waals surface area contributed by atoms with Gasteiger partial charge in [-0.15, -0.1) is 6.58 Å². The second-order valence-electron chi connectivity index (χ2n) is 9.77. The Bertz CT molecular complexity index is 920. The third kappa shape index (κ3) is 6.73. The molecule has 1 unspecified atom stereocenters. The normalized spacial score (nSPS) is 21.2. The summed E-state index contributed by atoms with van der Waals surface area (Å²) < 4.78 is 16.1. The van der Waals surface area contributed by atoms with Crippen molar-refractivity contribution in [3.63, 3.8) is 0 Å². The molecule has 2 aliphatic rings. The van der Waals surface area contributed by atoms with Crippen LogP contribution in [-0.4, -0.2) is 76.7 Å². The van der Waals surface area contributed by atoms with Gasteiger partial charge in [0.25, 0.3) is 0 Å². The molecule has 3 rings (SSSR count). The molecule has 1 aromatic carbocycles. The van der Waals surface area contributed by atoms with E-state index in [1.54, 1.807) is 25.7 Å². The minimum Gasteiger partial charge on any atom is -0.444 e. The molecule has 2 heterocycles. The van der Waals surface area contributed by atoms with Crippen LogP contribution in [-0.2, 0) is 32.1 Å². The van der Waals surface area contributed by atoms with E-state index in [-0.39, 0.29) is 19.4 Å². The van der Waals surface area contributed by atoms with Crippen LogP contribution in [0, 0.1) is 0 Å². The van der Waals surface area contributed by atoms with Crippen LogP contribution in [0.4, 0.5) is 9.59 Å². The highest BCUT2D eigenvalue weighted by Gasteiger charge is 2.44. The molecule has 0 radical (unpaired) electrons. The predicted molar refractivity (Wildman–Crippen MR) is 127 cm³/mol. The molecule has 2 aliphatic heterocycles. The number of ether oxygens (including phenoxy) is 3. The number of benzene rings is 1. The fourth-order valence-electron chi connectivity index (χ4n) is 4.31. The number of fused-ring (bicyclic) bond motifs is 1. The molecule has 0 bridgehead atoms. The number of aliphatic hydroxyl groups is 1. The SMILES string of the molecule is C=CC[C@H](NC(=O)OC(C)(C)C)C(=O)N1C[C@H](OC(=O)N2Cc3ccccc3C2)CC1[C@@H](O)OC. The number of alkyl carbamates (subject to hydrolysis) is 1. The van der Waals surface area contributed by atoms with E-state index in [9.17, 15) is 19.5 Å². The number of likely N-dealkylation sites (tertiary alicyclic amines) is 1. The highest BCUT2D eigenvalue weighted by molar-refractivity contribution is 5.86. The Morgan fingerprint density at radius 2 is 1.86 bits per heavy atom. The van der Waals surface area contributed by atoms with Crippen LogP contribution in [0.5, 0.6) is 0 Å². The summed E-state index contributed by atoms with van der Waals surface area (Å²) in [5.74, 6) is -0.455. The van der Waals surface area contributed by atoms with E-state index in [2.05, 4.69) is 11.9 Å². The summed E-state index contributed by atoms with van der Waals surface area (Å²) in [7, 11) is 1.33. The van der Waals surface area contributed by atoms with Crippen LogP contribution in [0.3, 0.4) is 0 Å². The number of rotatable bonds is 7. The van der Waals surface area contributed by atoms with Gasteiger partial charge in [0.15, 0.2) is 6.29 Å². The third-order valence-electron chi connectivity index (χ3n) is 5.92. The Morgan fingerprint density at radius 1 is 1.23 bits per heavy atom. The van der Waals surface area contributed by atoms with Crippen molar-refractivity contribution in [2.75, 3.05) is 13.7 Å². The highest BCUT2D eigenvalue weighted by Crippen LogP contribution is 2.28. The largest absolute Gasteiger partial charge is 0.444 e. The Kier molecular flexibility index (Phi) is 8.39. The Morgan fingerprint density at radius 3 is 2.40 bits per heavy atom. The average molecular weight is 490 g/mol. The first kappa shape index (κ1) is 26.5. The highest BCUT2D eigenvalue weighted by atomic mass is 16.6. The summed E-state index contributed by atoms with van der Waals surface area (Å²) in [6.07, 6.45) is -1.29. The number of aliphatic hydroxyl groups excluding tert-OH is 1. The second-order valence-corrected chi connectivity index (χ2v) is 9.77. The predicted octanol–water partition coefficient (Wildman–Crippen LogP) is 2.54. The zero-order chi connectivity index (χ0) is 25.8. The van der Waals surface area contributed by atoms with Crippen molar-refractivity contribution >= 4 is 18.1 Å².